The summed E-state index contributed by atoms with van der Waals surface area (Å²) in [5.41, 5.74) is 3.31. The minimum Gasteiger partial charge on any atom is -0.378 e. The summed E-state index contributed by atoms with van der Waals surface area (Å²) in [5.74, 6) is 0.416. The number of alkyl halides is 3. The van der Waals surface area contributed by atoms with E-state index in [0.29, 0.717) is 60.1 Å². The first kappa shape index (κ1) is 27.0. The van der Waals surface area contributed by atoms with Crippen LogP contribution in [0.2, 0.25) is 0 Å². The van der Waals surface area contributed by atoms with Crippen molar-refractivity contribution < 1.29 is 17.9 Å². The highest BCUT2D eigenvalue weighted by molar-refractivity contribution is 5.94. The smallest absolute Gasteiger partial charge is 0.378 e. The van der Waals surface area contributed by atoms with E-state index >= 15 is 0 Å². The fraction of sp³-hybridized carbons (Fsp3) is 0.310. The van der Waals surface area contributed by atoms with Gasteiger partial charge in [0.25, 0.3) is 0 Å². The van der Waals surface area contributed by atoms with Gasteiger partial charge in [0, 0.05) is 53.0 Å². The molecule has 11 nitrogen and oxygen atoms in total. The predicted molar refractivity (Wildman–Crippen MR) is 155 cm³/mol. The molecule has 0 amide bonds. The largest absolute Gasteiger partial charge is 0.417 e. The van der Waals surface area contributed by atoms with Gasteiger partial charge in [-0.25, -0.2) is 14.8 Å². The van der Waals surface area contributed by atoms with E-state index in [1.807, 2.05) is 12.1 Å². The van der Waals surface area contributed by atoms with Gasteiger partial charge in [0.05, 0.1) is 70.9 Å². The van der Waals surface area contributed by atoms with Gasteiger partial charge in [0.2, 0.25) is 0 Å². The lowest BCUT2D eigenvalue weighted by molar-refractivity contribution is -0.137. The predicted octanol–water partition coefficient (Wildman–Crippen LogP) is 3.87. The highest BCUT2D eigenvalue weighted by atomic mass is 19.4. The molecule has 4 aromatic heterocycles. The molecule has 0 bridgehead atoms. The van der Waals surface area contributed by atoms with Gasteiger partial charge in [-0.2, -0.15) is 18.3 Å². The zero-order chi connectivity index (χ0) is 30.2. The Balaban J connectivity index is 1.59. The van der Waals surface area contributed by atoms with Crippen LogP contribution in [0.25, 0.3) is 50.4 Å². The molecule has 0 aliphatic carbocycles. The van der Waals surface area contributed by atoms with Gasteiger partial charge in [-0.05, 0) is 29.8 Å². The minimum absolute atomic E-state index is 0.00998. The van der Waals surface area contributed by atoms with Crippen molar-refractivity contribution in [3.8, 4) is 28.3 Å². The minimum atomic E-state index is -4.65. The number of halogens is 3. The molecule has 0 unspecified atom stereocenters. The number of imidazole rings is 3. The summed E-state index contributed by atoms with van der Waals surface area (Å²) < 4.78 is 57.6. The highest BCUT2D eigenvalue weighted by Gasteiger charge is 2.36. The van der Waals surface area contributed by atoms with Crippen LogP contribution in [0.5, 0.6) is 0 Å². The van der Waals surface area contributed by atoms with Crippen molar-refractivity contribution in [2.24, 2.45) is 28.2 Å². The van der Waals surface area contributed by atoms with E-state index in [2.05, 4.69) is 15.0 Å². The Kier molecular flexibility index (Phi) is 6.02. The number of aromatic nitrogens is 8. The number of rotatable bonds is 4. The maximum Gasteiger partial charge on any atom is 0.417 e. The van der Waals surface area contributed by atoms with Crippen LogP contribution in [0.4, 0.5) is 18.9 Å². The van der Waals surface area contributed by atoms with Crippen LogP contribution in [0.1, 0.15) is 5.56 Å². The second kappa shape index (κ2) is 9.59. The number of hydrogen-bond acceptors (Lipinski definition) is 6. The van der Waals surface area contributed by atoms with Crippen LogP contribution in [-0.4, -0.2) is 64.3 Å². The van der Waals surface area contributed by atoms with Gasteiger partial charge in [0.15, 0.2) is 5.82 Å². The summed E-state index contributed by atoms with van der Waals surface area (Å²) in [6.07, 6.45) is 1.56. The monoisotopic (exact) mass is 591 g/mol. The molecule has 2 aromatic carbocycles. The molecule has 0 saturated carbocycles. The van der Waals surface area contributed by atoms with Crippen LogP contribution >= 0.6 is 0 Å². The summed E-state index contributed by atoms with van der Waals surface area (Å²) >= 11 is 0. The Hall–Kier alpha value is -4.85. The Morgan fingerprint density at radius 1 is 0.930 bits per heavy atom. The van der Waals surface area contributed by atoms with Crippen LogP contribution in [0.15, 0.2) is 54.0 Å². The topological polar surface area (TPSA) is 92.9 Å². The van der Waals surface area contributed by atoms with Crippen molar-refractivity contribution in [2.45, 2.75) is 6.18 Å². The molecule has 1 fully saturated rings. The fourth-order valence-electron chi connectivity index (χ4n) is 5.95. The van der Waals surface area contributed by atoms with Gasteiger partial charge in [-0.3, -0.25) is 18.4 Å². The number of nitrogens with zero attached hydrogens (tertiary/aromatic N) is 9. The molecule has 1 aliphatic rings. The molecular formula is C29H28F3N9O2. The van der Waals surface area contributed by atoms with E-state index in [9.17, 15) is 18.0 Å². The third kappa shape index (κ3) is 4.23. The Morgan fingerprint density at radius 3 is 2.35 bits per heavy atom. The molecule has 5 heterocycles. The van der Waals surface area contributed by atoms with E-state index in [1.54, 1.807) is 65.2 Å². The van der Waals surface area contributed by atoms with Crippen molar-refractivity contribution in [3.63, 3.8) is 0 Å². The average Bonchev–Trinajstić information content (AvgIpc) is 3.75. The first-order chi connectivity index (χ1) is 20.5. The fourth-order valence-corrected chi connectivity index (χ4v) is 5.95. The normalized spacial score (nSPS) is 14.4. The first-order valence-corrected chi connectivity index (χ1v) is 13.6. The Labute approximate surface area is 243 Å². The van der Waals surface area contributed by atoms with Crippen molar-refractivity contribution in [1.29, 1.82) is 0 Å². The lowest BCUT2D eigenvalue weighted by atomic mass is 10.0. The van der Waals surface area contributed by atoms with E-state index in [4.69, 9.17) is 9.72 Å². The van der Waals surface area contributed by atoms with Gasteiger partial charge in [-0.1, -0.05) is 0 Å². The van der Waals surface area contributed by atoms with E-state index < -0.39 is 11.7 Å². The maximum atomic E-state index is 14.6. The van der Waals surface area contributed by atoms with Crippen LogP contribution < -0.4 is 10.6 Å². The van der Waals surface area contributed by atoms with Gasteiger partial charge in [-0.15, -0.1) is 0 Å². The first-order valence-electron chi connectivity index (χ1n) is 13.6. The molecule has 43 heavy (non-hydrogen) atoms. The second-order valence-corrected chi connectivity index (χ2v) is 10.8. The zero-order valence-corrected chi connectivity index (χ0v) is 23.9. The molecule has 0 atom stereocenters. The number of anilines is 1. The summed E-state index contributed by atoms with van der Waals surface area (Å²) in [7, 11) is 6.87. The van der Waals surface area contributed by atoms with E-state index in [1.165, 1.54) is 16.9 Å². The molecule has 222 valence electrons. The Bertz CT molecular complexity index is 2090. The molecule has 1 aliphatic heterocycles. The van der Waals surface area contributed by atoms with Crippen molar-refractivity contribution in [1.82, 2.24) is 38.0 Å². The molecule has 6 aromatic rings. The summed E-state index contributed by atoms with van der Waals surface area (Å²) in [4.78, 5) is 24.3. The standard InChI is InChI=1S/C29H28F3N9O2/c1-36-16-33-14-25(36)27-35-21-11-19(17-13-34-37(2)15-17)20(29(30,31)32)12-22(21)41(27)18-9-23-26(39(4)28(42)38(23)3)24(10-18)40-5-7-43-8-6-40/h9-16H,5-8H2,1-4H3. The van der Waals surface area contributed by atoms with Crippen LogP contribution in [-0.2, 0) is 39.1 Å². The van der Waals surface area contributed by atoms with Crippen molar-refractivity contribution in [3.05, 3.63) is 65.2 Å². The highest BCUT2D eigenvalue weighted by Crippen LogP contribution is 2.42. The number of benzene rings is 2. The summed E-state index contributed by atoms with van der Waals surface area (Å²) in [6, 6.07) is 6.35. The van der Waals surface area contributed by atoms with E-state index in [-0.39, 0.29) is 16.8 Å². The summed E-state index contributed by atoms with van der Waals surface area (Å²) in [5, 5.41) is 4.09. The molecule has 0 N–H and O–H groups in total. The maximum absolute atomic E-state index is 14.6. The molecule has 7 rings (SSSR count). The van der Waals surface area contributed by atoms with Crippen molar-refractivity contribution >= 4 is 27.8 Å². The number of morpholine rings is 1. The van der Waals surface area contributed by atoms with Crippen LogP contribution in [0.3, 0.4) is 0 Å². The Morgan fingerprint density at radius 2 is 1.70 bits per heavy atom. The average molecular weight is 592 g/mol. The molecule has 14 heteroatoms. The molecule has 0 radical (unpaired) electrons. The number of hydrogen-bond donors (Lipinski definition) is 0. The molecule has 1 saturated heterocycles. The van der Waals surface area contributed by atoms with Gasteiger partial charge in [0.1, 0.15) is 5.69 Å². The number of ether oxygens (including phenoxy) is 1. The van der Waals surface area contributed by atoms with Gasteiger partial charge >= 0.3 is 11.9 Å². The molecular weight excluding hydrogens is 563 g/mol. The number of aryl methyl sites for hydroxylation is 4. The lowest BCUT2D eigenvalue weighted by Crippen LogP contribution is -2.36. The summed E-state index contributed by atoms with van der Waals surface area (Å²) in [6.45, 7) is 2.25. The van der Waals surface area contributed by atoms with E-state index in [0.717, 1.165) is 17.3 Å². The number of fused-ring (bicyclic) bond motifs is 2. The quantitative estimate of drug-likeness (QED) is 0.309. The third-order valence-corrected chi connectivity index (χ3v) is 8.10. The third-order valence-electron chi connectivity index (χ3n) is 8.10. The molecule has 0 spiro atoms. The van der Waals surface area contributed by atoms with Crippen molar-refractivity contribution in [2.75, 3.05) is 31.2 Å². The SMILES string of the molecule is Cn1cc(-c2cc3nc(-c4cncn4C)n(-c4cc(N5CCOCC5)c5c(c4)n(C)c(=O)n5C)c3cc2C(F)(F)F)cn1. The zero-order valence-electron chi connectivity index (χ0n) is 23.9. The van der Waals surface area contributed by atoms with Gasteiger partial charge < -0.3 is 14.2 Å². The lowest BCUT2D eigenvalue weighted by Gasteiger charge is -2.30. The second-order valence-electron chi connectivity index (χ2n) is 10.8. The van der Waals surface area contributed by atoms with Crippen LogP contribution in [0, 0.1) is 0 Å².